The number of aryl methyl sites for hydroxylation is 2. The van der Waals surface area contributed by atoms with Gasteiger partial charge in [-0.2, -0.15) is 5.10 Å². The SMILES string of the molecule is CCc1cc(C(=O)Nc2ccccc2C(N)=S)n(CC)n1. The molecule has 1 heterocycles. The number of amides is 1. The molecular formula is C15H18N4OS. The number of nitrogens with two attached hydrogens (primary N) is 1. The summed E-state index contributed by atoms with van der Waals surface area (Å²) in [6.45, 7) is 4.60. The van der Waals surface area contributed by atoms with Gasteiger partial charge in [-0.15, -0.1) is 0 Å². The molecule has 2 rings (SSSR count). The first-order chi connectivity index (χ1) is 10.1. The molecule has 1 aromatic heterocycles. The number of hydrogen-bond donors (Lipinski definition) is 2. The second-order valence-corrected chi connectivity index (χ2v) is 4.99. The highest BCUT2D eigenvalue weighted by Crippen LogP contribution is 2.16. The van der Waals surface area contributed by atoms with Crippen LogP contribution in [0.3, 0.4) is 0 Å². The summed E-state index contributed by atoms with van der Waals surface area (Å²) < 4.78 is 1.69. The summed E-state index contributed by atoms with van der Waals surface area (Å²) in [5.41, 5.74) is 8.36. The summed E-state index contributed by atoms with van der Waals surface area (Å²) in [6, 6.07) is 9.02. The smallest absolute Gasteiger partial charge is 0.273 e. The van der Waals surface area contributed by atoms with Crippen LogP contribution in [0.15, 0.2) is 30.3 Å². The van der Waals surface area contributed by atoms with Crippen molar-refractivity contribution in [1.82, 2.24) is 9.78 Å². The minimum atomic E-state index is -0.215. The van der Waals surface area contributed by atoms with Gasteiger partial charge in [-0.05, 0) is 31.5 Å². The van der Waals surface area contributed by atoms with Gasteiger partial charge in [0.05, 0.1) is 11.4 Å². The Balaban J connectivity index is 2.30. The van der Waals surface area contributed by atoms with Gasteiger partial charge in [0.15, 0.2) is 0 Å². The number of nitrogens with one attached hydrogen (secondary N) is 1. The summed E-state index contributed by atoms with van der Waals surface area (Å²) in [4.78, 5) is 12.7. The Morgan fingerprint density at radius 1 is 1.38 bits per heavy atom. The van der Waals surface area contributed by atoms with Crippen LogP contribution < -0.4 is 11.1 Å². The lowest BCUT2D eigenvalue weighted by Gasteiger charge is -2.10. The van der Waals surface area contributed by atoms with E-state index >= 15 is 0 Å². The molecule has 5 nitrogen and oxygen atoms in total. The van der Waals surface area contributed by atoms with E-state index in [1.165, 1.54) is 0 Å². The van der Waals surface area contributed by atoms with Gasteiger partial charge in [0.1, 0.15) is 10.7 Å². The first-order valence-corrected chi connectivity index (χ1v) is 7.24. The van der Waals surface area contributed by atoms with E-state index in [1.54, 1.807) is 16.8 Å². The number of carbonyl (C=O) groups excluding carboxylic acids is 1. The van der Waals surface area contributed by atoms with E-state index in [0.29, 0.717) is 23.5 Å². The Hall–Kier alpha value is -2.21. The molecule has 110 valence electrons. The Bertz CT molecular complexity index is 678. The largest absolute Gasteiger partial charge is 0.389 e. The molecule has 1 aromatic carbocycles. The van der Waals surface area contributed by atoms with Crippen LogP contribution in [0, 0.1) is 0 Å². The Labute approximate surface area is 129 Å². The first-order valence-electron chi connectivity index (χ1n) is 6.83. The fourth-order valence-electron chi connectivity index (χ4n) is 2.06. The van der Waals surface area contributed by atoms with E-state index < -0.39 is 0 Å². The summed E-state index contributed by atoms with van der Waals surface area (Å²) >= 11 is 5.00. The summed E-state index contributed by atoms with van der Waals surface area (Å²) in [5, 5.41) is 7.23. The van der Waals surface area contributed by atoms with E-state index in [4.69, 9.17) is 18.0 Å². The van der Waals surface area contributed by atoms with E-state index in [2.05, 4.69) is 10.4 Å². The van der Waals surface area contributed by atoms with Crippen LogP contribution in [0.2, 0.25) is 0 Å². The number of nitrogens with zero attached hydrogens (tertiary/aromatic N) is 2. The van der Waals surface area contributed by atoms with Crippen LogP contribution in [0.25, 0.3) is 0 Å². The second-order valence-electron chi connectivity index (χ2n) is 4.55. The van der Waals surface area contributed by atoms with Crippen LogP contribution in [0.1, 0.15) is 35.6 Å². The highest BCUT2D eigenvalue weighted by atomic mass is 32.1. The molecule has 0 fully saturated rings. The lowest BCUT2D eigenvalue weighted by Crippen LogP contribution is -2.20. The molecule has 0 radical (unpaired) electrons. The first kappa shape index (κ1) is 15.2. The second kappa shape index (κ2) is 6.49. The van der Waals surface area contributed by atoms with Crippen molar-refractivity contribution in [3.63, 3.8) is 0 Å². The maximum Gasteiger partial charge on any atom is 0.273 e. The summed E-state index contributed by atoms with van der Waals surface area (Å²) in [6.07, 6.45) is 0.788. The maximum absolute atomic E-state index is 12.4. The predicted octanol–water partition coefficient (Wildman–Crippen LogP) is 2.35. The third kappa shape index (κ3) is 3.28. The zero-order valence-corrected chi connectivity index (χ0v) is 12.9. The van der Waals surface area contributed by atoms with E-state index in [1.807, 2.05) is 32.0 Å². The average Bonchev–Trinajstić information content (AvgIpc) is 2.91. The number of hydrogen-bond acceptors (Lipinski definition) is 3. The lowest BCUT2D eigenvalue weighted by atomic mass is 10.1. The maximum atomic E-state index is 12.4. The van der Waals surface area contributed by atoms with Crippen molar-refractivity contribution in [2.45, 2.75) is 26.8 Å². The van der Waals surface area contributed by atoms with Crippen molar-refractivity contribution in [2.24, 2.45) is 5.73 Å². The van der Waals surface area contributed by atoms with Crippen molar-refractivity contribution in [2.75, 3.05) is 5.32 Å². The third-order valence-electron chi connectivity index (χ3n) is 3.17. The number of aromatic nitrogens is 2. The topological polar surface area (TPSA) is 72.9 Å². The number of anilines is 1. The Morgan fingerprint density at radius 3 is 2.71 bits per heavy atom. The molecule has 3 N–H and O–H groups in total. The van der Waals surface area contributed by atoms with Gasteiger partial charge in [-0.3, -0.25) is 9.48 Å². The van der Waals surface area contributed by atoms with Crippen molar-refractivity contribution >= 4 is 28.8 Å². The normalized spacial score (nSPS) is 10.4. The van der Waals surface area contributed by atoms with E-state index in [9.17, 15) is 4.79 Å². The number of benzene rings is 1. The molecule has 0 aliphatic carbocycles. The standard InChI is InChI=1S/C15H18N4OS/c1-3-10-9-13(19(4-2)18-10)15(20)17-12-8-6-5-7-11(12)14(16)21/h5-9H,3-4H2,1-2H3,(H2,16,21)(H,17,20). The molecular weight excluding hydrogens is 284 g/mol. The van der Waals surface area contributed by atoms with Gasteiger partial charge in [-0.1, -0.05) is 31.3 Å². The van der Waals surface area contributed by atoms with Gasteiger partial charge < -0.3 is 11.1 Å². The minimum absolute atomic E-state index is 0.215. The van der Waals surface area contributed by atoms with Crippen LogP contribution in [-0.4, -0.2) is 20.7 Å². The van der Waals surface area contributed by atoms with Crippen molar-refractivity contribution in [1.29, 1.82) is 0 Å². The van der Waals surface area contributed by atoms with Crippen LogP contribution in [-0.2, 0) is 13.0 Å². The van der Waals surface area contributed by atoms with E-state index in [0.717, 1.165) is 12.1 Å². The molecule has 2 aromatic rings. The van der Waals surface area contributed by atoms with Crippen LogP contribution in [0.5, 0.6) is 0 Å². The quantitative estimate of drug-likeness (QED) is 0.832. The highest BCUT2D eigenvalue weighted by molar-refractivity contribution is 7.80. The molecule has 6 heteroatoms. The number of thiocarbonyl (C=S) groups is 1. The average molecular weight is 302 g/mol. The zero-order valence-electron chi connectivity index (χ0n) is 12.1. The van der Waals surface area contributed by atoms with Gasteiger partial charge in [0.25, 0.3) is 5.91 Å². The molecule has 1 amide bonds. The Kier molecular flexibility index (Phi) is 4.70. The molecule has 0 bridgehead atoms. The van der Waals surface area contributed by atoms with Gasteiger partial charge in [0, 0.05) is 12.1 Å². The molecule has 0 spiro atoms. The fraction of sp³-hybridized carbons (Fsp3) is 0.267. The summed E-state index contributed by atoms with van der Waals surface area (Å²) in [5.74, 6) is -0.215. The van der Waals surface area contributed by atoms with Gasteiger partial charge in [0.2, 0.25) is 0 Å². The van der Waals surface area contributed by atoms with Crippen molar-refractivity contribution in [3.05, 3.63) is 47.3 Å². The van der Waals surface area contributed by atoms with Crippen molar-refractivity contribution in [3.8, 4) is 0 Å². The molecule has 0 atom stereocenters. The fourth-order valence-corrected chi connectivity index (χ4v) is 2.24. The van der Waals surface area contributed by atoms with E-state index in [-0.39, 0.29) is 10.9 Å². The van der Waals surface area contributed by atoms with Crippen LogP contribution in [0.4, 0.5) is 5.69 Å². The number of para-hydroxylation sites is 1. The molecule has 0 saturated carbocycles. The molecule has 0 aliphatic rings. The van der Waals surface area contributed by atoms with Gasteiger partial charge >= 0.3 is 0 Å². The molecule has 0 saturated heterocycles. The zero-order chi connectivity index (χ0) is 15.4. The number of carbonyl (C=O) groups is 1. The predicted molar refractivity (Wildman–Crippen MR) is 87.6 cm³/mol. The monoisotopic (exact) mass is 302 g/mol. The minimum Gasteiger partial charge on any atom is -0.389 e. The third-order valence-corrected chi connectivity index (χ3v) is 3.39. The van der Waals surface area contributed by atoms with Crippen molar-refractivity contribution < 1.29 is 4.79 Å². The molecule has 0 aliphatic heterocycles. The highest BCUT2D eigenvalue weighted by Gasteiger charge is 2.15. The van der Waals surface area contributed by atoms with Gasteiger partial charge in [-0.25, -0.2) is 0 Å². The number of rotatable bonds is 5. The van der Waals surface area contributed by atoms with Crippen LogP contribution >= 0.6 is 12.2 Å². The Morgan fingerprint density at radius 2 is 2.10 bits per heavy atom. The lowest BCUT2D eigenvalue weighted by molar-refractivity contribution is 0.101. The molecule has 0 unspecified atom stereocenters. The molecule has 21 heavy (non-hydrogen) atoms. The summed E-state index contributed by atoms with van der Waals surface area (Å²) in [7, 11) is 0.